The summed E-state index contributed by atoms with van der Waals surface area (Å²) in [5.74, 6) is 0.360. The topological polar surface area (TPSA) is 64.0 Å². The minimum absolute atomic E-state index is 0.147. The van der Waals surface area contributed by atoms with Crippen LogP contribution in [0.4, 0.5) is 0 Å². The van der Waals surface area contributed by atoms with E-state index in [-0.39, 0.29) is 17.1 Å². The molecule has 0 radical (unpaired) electrons. The molecule has 0 bridgehead atoms. The van der Waals surface area contributed by atoms with Gasteiger partial charge in [0.05, 0.1) is 6.61 Å². The molecule has 1 atom stereocenters. The standard InChI is InChI=1S/C33H35N3O4/c1-2-3-16-40-31-29(37)12-15-35-30(31)32(38)34(21-23-13-17-39-18-14-23)22-36(35)33-26(19-24-8-4-6-10-27(24)33)20-25-9-5-7-11-28(25)33/h4-12,15,19,23H,2-3,13-14,16-18,20-22H2,1H3. The van der Waals surface area contributed by atoms with Gasteiger partial charge in [-0.05, 0) is 59.4 Å². The van der Waals surface area contributed by atoms with Gasteiger partial charge in [0.15, 0.2) is 11.4 Å². The molecule has 7 heteroatoms. The molecular formula is C33H35N3O4. The van der Waals surface area contributed by atoms with Crippen LogP contribution in [0.25, 0.3) is 6.08 Å². The molecule has 1 unspecified atom stereocenters. The highest BCUT2D eigenvalue weighted by molar-refractivity contribution is 5.96. The highest BCUT2D eigenvalue weighted by atomic mass is 16.5. The van der Waals surface area contributed by atoms with Crippen LogP contribution in [0.3, 0.4) is 0 Å². The first-order valence-electron chi connectivity index (χ1n) is 14.5. The van der Waals surface area contributed by atoms with Crippen molar-refractivity contribution in [1.29, 1.82) is 0 Å². The van der Waals surface area contributed by atoms with Gasteiger partial charge in [0, 0.05) is 32.0 Å². The van der Waals surface area contributed by atoms with Crippen molar-refractivity contribution in [3.05, 3.63) is 105 Å². The Hall–Kier alpha value is -3.84. The van der Waals surface area contributed by atoms with E-state index < -0.39 is 5.54 Å². The number of carbonyl (C=O) groups excluding carboxylic acids is 1. The van der Waals surface area contributed by atoms with Gasteiger partial charge in [0.25, 0.3) is 5.91 Å². The Morgan fingerprint density at radius 1 is 1.00 bits per heavy atom. The molecule has 4 aliphatic rings. The second kappa shape index (κ2) is 9.97. The van der Waals surface area contributed by atoms with Gasteiger partial charge in [-0.25, -0.2) is 0 Å². The van der Waals surface area contributed by atoms with Gasteiger partial charge in [-0.2, -0.15) is 0 Å². The molecule has 1 fully saturated rings. The smallest absolute Gasteiger partial charge is 0.277 e. The van der Waals surface area contributed by atoms with E-state index >= 15 is 0 Å². The number of pyridine rings is 1. The molecule has 2 aliphatic carbocycles. The van der Waals surface area contributed by atoms with Gasteiger partial charge < -0.3 is 14.4 Å². The molecular weight excluding hydrogens is 502 g/mol. The lowest BCUT2D eigenvalue weighted by atomic mass is 9.83. The van der Waals surface area contributed by atoms with Gasteiger partial charge >= 0.3 is 0 Å². The molecule has 2 aliphatic heterocycles. The molecule has 206 valence electrons. The minimum Gasteiger partial charge on any atom is -0.487 e. The lowest BCUT2D eigenvalue weighted by Gasteiger charge is -2.50. The van der Waals surface area contributed by atoms with Crippen molar-refractivity contribution < 1.29 is 14.3 Å². The SMILES string of the molecule is CCCCOc1c2n(ccc1=O)N(C13C(=Cc4ccccc41)Cc1ccccc13)CN(CC1CCOCC1)C2=O. The quantitative estimate of drug-likeness (QED) is 0.409. The van der Waals surface area contributed by atoms with Crippen LogP contribution in [0.2, 0.25) is 0 Å². The molecule has 0 N–H and O–H groups in total. The molecule has 0 spiro atoms. The Balaban J connectivity index is 1.44. The Bertz CT molecular complexity index is 1550. The number of hydrogen-bond donors (Lipinski definition) is 0. The number of nitrogens with zero attached hydrogens (tertiary/aromatic N) is 3. The highest BCUT2D eigenvalue weighted by Crippen LogP contribution is 2.55. The molecule has 2 aromatic carbocycles. The van der Waals surface area contributed by atoms with E-state index in [0.717, 1.165) is 45.3 Å². The molecule has 1 aromatic heterocycles. The van der Waals surface area contributed by atoms with Crippen LogP contribution >= 0.6 is 0 Å². The molecule has 3 aromatic rings. The fourth-order valence-corrected chi connectivity index (χ4v) is 7.05. The Labute approximate surface area is 234 Å². The van der Waals surface area contributed by atoms with E-state index in [4.69, 9.17) is 9.47 Å². The predicted octanol–water partition coefficient (Wildman–Crippen LogP) is 4.70. The van der Waals surface area contributed by atoms with E-state index in [9.17, 15) is 9.59 Å². The lowest BCUT2D eigenvalue weighted by Crippen LogP contribution is -2.63. The number of benzene rings is 2. The van der Waals surface area contributed by atoms with E-state index in [1.165, 1.54) is 27.8 Å². The third kappa shape index (κ3) is 3.74. The number of amides is 1. The number of carbonyl (C=O) groups is 1. The molecule has 7 rings (SSSR count). The lowest BCUT2D eigenvalue weighted by molar-refractivity contribution is 0.0398. The van der Waals surface area contributed by atoms with Crippen LogP contribution in [0.5, 0.6) is 5.75 Å². The first kappa shape index (κ1) is 25.1. The summed E-state index contributed by atoms with van der Waals surface area (Å²) in [6, 6.07) is 18.7. The maximum atomic E-state index is 14.3. The minimum atomic E-state index is -0.591. The zero-order chi connectivity index (χ0) is 27.3. The van der Waals surface area contributed by atoms with Crippen molar-refractivity contribution in [2.75, 3.05) is 38.0 Å². The molecule has 7 nitrogen and oxygen atoms in total. The zero-order valence-corrected chi connectivity index (χ0v) is 23.0. The van der Waals surface area contributed by atoms with Crippen LogP contribution < -0.4 is 15.2 Å². The fraction of sp³-hybridized carbons (Fsp3) is 0.394. The van der Waals surface area contributed by atoms with Crippen molar-refractivity contribution >= 4 is 12.0 Å². The van der Waals surface area contributed by atoms with Crippen LogP contribution in [0.1, 0.15) is 65.3 Å². The van der Waals surface area contributed by atoms with Crippen LogP contribution in [-0.4, -0.2) is 48.5 Å². The van der Waals surface area contributed by atoms with Crippen molar-refractivity contribution in [1.82, 2.24) is 9.58 Å². The van der Waals surface area contributed by atoms with Crippen molar-refractivity contribution in [2.24, 2.45) is 5.92 Å². The first-order valence-corrected chi connectivity index (χ1v) is 14.5. The van der Waals surface area contributed by atoms with Gasteiger partial charge in [-0.3, -0.25) is 19.3 Å². The normalized spacial score (nSPS) is 21.5. The second-order valence-electron chi connectivity index (χ2n) is 11.3. The number of unbranched alkanes of at least 4 members (excludes halogenated alkanes) is 1. The number of aromatic nitrogens is 1. The maximum absolute atomic E-state index is 14.3. The summed E-state index contributed by atoms with van der Waals surface area (Å²) in [6.07, 6.45) is 8.52. The maximum Gasteiger partial charge on any atom is 0.277 e. The van der Waals surface area contributed by atoms with Crippen LogP contribution in [0.15, 0.2) is 71.2 Å². The summed E-state index contributed by atoms with van der Waals surface area (Å²) < 4.78 is 13.6. The van der Waals surface area contributed by atoms with Gasteiger partial charge in [-0.1, -0.05) is 68.0 Å². The monoisotopic (exact) mass is 537 g/mol. The van der Waals surface area contributed by atoms with Crippen molar-refractivity contribution in [3.63, 3.8) is 0 Å². The molecule has 0 saturated carbocycles. The average Bonchev–Trinajstić information content (AvgIpc) is 3.47. The fourth-order valence-electron chi connectivity index (χ4n) is 7.05. The summed E-state index contributed by atoms with van der Waals surface area (Å²) >= 11 is 0. The summed E-state index contributed by atoms with van der Waals surface area (Å²) in [6.45, 7) is 4.94. The Morgan fingerprint density at radius 2 is 1.77 bits per heavy atom. The van der Waals surface area contributed by atoms with Gasteiger partial charge in [0.1, 0.15) is 12.2 Å². The van der Waals surface area contributed by atoms with Crippen LogP contribution in [-0.2, 0) is 16.7 Å². The van der Waals surface area contributed by atoms with E-state index in [0.29, 0.717) is 31.4 Å². The molecule has 3 heterocycles. The average molecular weight is 538 g/mol. The summed E-state index contributed by atoms with van der Waals surface area (Å²) in [5.41, 5.74) is 5.68. The number of hydrogen-bond acceptors (Lipinski definition) is 5. The first-order chi connectivity index (χ1) is 19.6. The summed E-state index contributed by atoms with van der Waals surface area (Å²) in [5, 5.41) is 2.30. The highest BCUT2D eigenvalue weighted by Gasteiger charge is 2.55. The Kier molecular flexibility index (Phi) is 6.27. The van der Waals surface area contributed by atoms with Gasteiger partial charge in [0.2, 0.25) is 5.43 Å². The second-order valence-corrected chi connectivity index (χ2v) is 11.3. The summed E-state index contributed by atoms with van der Waals surface area (Å²) in [7, 11) is 0. The predicted molar refractivity (Wildman–Crippen MR) is 154 cm³/mol. The van der Waals surface area contributed by atoms with Crippen LogP contribution in [0, 0.1) is 5.92 Å². The van der Waals surface area contributed by atoms with Crippen molar-refractivity contribution in [3.8, 4) is 5.75 Å². The Morgan fingerprint density at radius 3 is 2.60 bits per heavy atom. The number of rotatable bonds is 7. The number of fused-ring (bicyclic) bond motifs is 6. The molecule has 40 heavy (non-hydrogen) atoms. The summed E-state index contributed by atoms with van der Waals surface area (Å²) in [4.78, 5) is 29.4. The molecule has 1 saturated heterocycles. The van der Waals surface area contributed by atoms with Gasteiger partial charge in [-0.15, -0.1) is 0 Å². The third-order valence-corrected chi connectivity index (χ3v) is 8.97. The van der Waals surface area contributed by atoms with Crippen molar-refractivity contribution in [2.45, 2.75) is 44.6 Å². The molecule has 1 amide bonds. The third-order valence-electron chi connectivity index (χ3n) is 8.97. The zero-order valence-electron chi connectivity index (χ0n) is 23.0. The van der Waals surface area contributed by atoms with E-state index in [2.05, 4.69) is 66.5 Å². The largest absolute Gasteiger partial charge is 0.487 e. The number of ether oxygens (including phenoxy) is 2. The van der Waals surface area contributed by atoms with E-state index in [1.807, 2.05) is 9.58 Å². The van der Waals surface area contributed by atoms with E-state index in [1.54, 1.807) is 12.3 Å².